The second-order valence-electron chi connectivity index (χ2n) is 4.11. The second kappa shape index (κ2) is 5.70. The highest BCUT2D eigenvalue weighted by atomic mass is 35.5. The summed E-state index contributed by atoms with van der Waals surface area (Å²) in [6, 6.07) is 0. The smallest absolute Gasteiger partial charge is 0.276 e. The summed E-state index contributed by atoms with van der Waals surface area (Å²) < 4.78 is 56.0. The summed E-state index contributed by atoms with van der Waals surface area (Å²) in [7, 11) is -5.42. The van der Waals surface area contributed by atoms with Crippen molar-refractivity contribution in [1.29, 1.82) is 0 Å². The van der Waals surface area contributed by atoms with Crippen molar-refractivity contribution < 1.29 is 21.6 Å². The topological polar surface area (TPSA) is 38.7 Å². The lowest BCUT2D eigenvalue weighted by molar-refractivity contribution is -0.152. The van der Waals surface area contributed by atoms with Crippen LogP contribution in [0.3, 0.4) is 0 Å². The quantitative estimate of drug-likeness (QED) is 0.578. The average Bonchev–Trinajstić information content (AvgIpc) is 1.96. The number of nitrogens with zero attached hydrogens (tertiary/aromatic N) is 1. The molecule has 0 aromatic heterocycles. The molecule has 1 unspecified atom stereocenters. The first-order valence-corrected chi connectivity index (χ1v) is 10.1. The van der Waals surface area contributed by atoms with E-state index in [1.165, 1.54) is 0 Å². The van der Waals surface area contributed by atoms with Crippen molar-refractivity contribution in [2.24, 2.45) is 4.03 Å². The Morgan fingerprint density at radius 2 is 1.88 bits per heavy atom. The molecule has 0 radical (unpaired) electrons. The van der Waals surface area contributed by atoms with E-state index in [0.717, 1.165) is 0 Å². The Kier molecular flexibility index (Phi) is 5.77. The van der Waals surface area contributed by atoms with Gasteiger partial charge in [0.15, 0.2) is 24.9 Å². The summed E-state index contributed by atoms with van der Waals surface area (Å²) in [5.74, 6) is -0.237. The molecule has 0 aliphatic rings. The van der Waals surface area contributed by atoms with E-state index in [1.807, 2.05) is 0 Å². The van der Waals surface area contributed by atoms with Crippen LogP contribution >= 0.6 is 11.6 Å². The van der Waals surface area contributed by atoms with Crippen molar-refractivity contribution in [2.45, 2.75) is 25.8 Å². The molecule has 16 heavy (non-hydrogen) atoms. The maximum Gasteiger partial charge on any atom is 0.413 e. The van der Waals surface area contributed by atoms with Crippen LogP contribution in [0.2, 0.25) is 19.6 Å². The van der Waals surface area contributed by atoms with Crippen molar-refractivity contribution in [3.05, 3.63) is 0 Å². The van der Waals surface area contributed by atoms with Gasteiger partial charge >= 0.3 is 6.18 Å². The van der Waals surface area contributed by atoms with E-state index in [9.17, 15) is 17.4 Å². The molecule has 0 saturated heterocycles. The van der Waals surface area contributed by atoms with Gasteiger partial charge in [-0.05, 0) is 19.6 Å². The van der Waals surface area contributed by atoms with Crippen LogP contribution in [0, 0.1) is 0 Å². The zero-order chi connectivity index (χ0) is 13.0. The van der Waals surface area contributed by atoms with Crippen LogP contribution in [-0.2, 0) is 14.2 Å². The van der Waals surface area contributed by atoms with Gasteiger partial charge in [0.25, 0.3) is 0 Å². The Hall–Kier alpha value is 0.207. The Labute approximate surface area is 99.8 Å². The van der Waals surface area contributed by atoms with Gasteiger partial charge in [0.05, 0.1) is 5.75 Å². The molecule has 1 atom stereocenters. The lowest BCUT2D eigenvalue weighted by Gasteiger charge is -2.16. The zero-order valence-electron chi connectivity index (χ0n) is 9.31. The van der Waals surface area contributed by atoms with Crippen molar-refractivity contribution in [3.63, 3.8) is 0 Å². The molecule has 0 spiro atoms. The largest absolute Gasteiger partial charge is 0.413 e. The maximum absolute atomic E-state index is 11.9. The molecule has 0 N–H and O–H groups in total. The van der Waals surface area contributed by atoms with Crippen LogP contribution in [0.25, 0.3) is 0 Å². The van der Waals surface area contributed by atoms with E-state index in [1.54, 1.807) is 19.6 Å². The second-order valence-corrected chi connectivity index (χ2v) is 11.4. The van der Waals surface area contributed by atoms with E-state index in [0.29, 0.717) is 0 Å². The first-order valence-electron chi connectivity index (χ1n) is 4.50. The minimum Gasteiger partial charge on any atom is -0.276 e. The van der Waals surface area contributed by atoms with Gasteiger partial charge in [0, 0.05) is 5.88 Å². The minimum absolute atomic E-state index is 0.0509. The molecule has 0 aliphatic carbocycles. The molecule has 0 heterocycles. The van der Waals surface area contributed by atoms with Crippen LogP contribution in [0.4, 0.5) is 13.2 Å². The number of alkyl halides is 4. The first kappa shape index (κ1) is 16.2. The molecule has 0 bridgehead atoms. The lowest BCUT2D eigenvalue weighted by atomic mass is 10.7. The Morgan fingerprint density at radius 1 is 1.38 bits per heavy atom. The van der Waals surface area contributed by atoms with Gasteiger partial charge in [-0.2, -0.15) is 13.2 Å². The SMILES string of the molecule is C[Si](C)(C)N=S(=O)(CCCl)OCC(F)(F)F. The molecular formula is C7H15ClF3NO2SSi. The molecule has 0 aliphatic heterocycles. The third-order valence-corrected chi connectivity index (χ3v) is 6.08. The predicted molar refractivity (Wildman–Crippen MR) is 61.5 cm³/mol. The highest BCUT2D eigenvalue weighted by Crippen LogP contribution is 2.18. The van der Waals surface area contributed by atoms with E-state index >= 15 is 0 Å². The monoisotopic (exact) mass is 297 g/mol. The fraction of sp³-hybridized carbons (Fsp3) is 1.00. The molecule has 0 rings (SSSR count). The van der Waals surface area contributed by atoms with Crippen LogP contribution < -0.4 is 0 Å². The van der Waals surface area contributed by atoms with Gasteiger partial charge in [-0.1, -0.05) is 0 Å². The van der Waals surface area contributed by atoms with E-state index in [2.05, 4.69) is 8.21 Å². The summed E-state index contributed by atoms with van der Waals surface area (Å²) in [5.41, 5.74) is 0. The minimum atomic E-state index is -4.51. The van der Waals surface area contributed by atoms with Gasteiger partial charge in [0.1, 0.15) is 0 Å². The van der Waals surface area contributed by atoms with E-state index in [-0.39, 0.29) is 11.6 Å². The highest BCUT2D eigenvalue weighted by Gasteiger charge is 2.31. The van der Waals surface area contributed by atoms with E-state index in [4.69, 9.17) is 11.6 Å². The molecule has 0 amide bonds. The number of halogens is 4. The fourth-order valence-corrected chi connectivity index (χ4v) is 5.93. The van der Waals surface area contributed by atoms with Gasteiger partial charge in [-0.25, -0.2) is 4.21 Å². The number of rotatable bonds is 5. The van der Waals surface area contributed by atoms with Crippen LogP contribution in [0.1, 0.15) is 0 Å². The normalized spacial score (nSPS) is 16.9. The van der Waals surface area contributed by atoms with Crippen LogP contribution in [0.5, 0.6) is 0 Å². The summed E-state index contributed by atoms with van der Waals surface area (Å²) in [6.45, 7) is 3.73. The highest BCUT2D eigenvalue weighted by molar-refractivity contribution is 7.89. The molecule has 0 aromatic rings. The first-order chi connectivity index (χ1) is 6.97. The molecular weight excluding hydrogens is 283 g/mol. The van der Waals surface area contributed by atoms with Gasteiger partial charge < -0.3 is 0 Å². The maximum atomic E-state index is 11.9. The van der Waals surface area contributed by atoms with Crippen molar-refractivity contribution in [1.82, 2.24) is 0 Å². The standard InChI is InChI=1S/C7H15ClF3NO2SSi/c1-16(2,3)12-15(13,5-4-8)14-6-7(9,10)11/h4-6H2,1-3H3. The number of hydrogen-bond acceptors (Lipinski definition) is 3. The van der Waals surface area contributed by atoms with Crippen molar-refractivity contribution >= 4 is 29.8 Å². The van der Waals surface area contributed by atoms with Crippen LogP contribution in [0.15, 0.2) is 4.03 Å². The third-order valence-electron chi connectivity index (χ3n) is 1.15. The molecule has 0 aromatic carbocycles. The van der Waals surface area contributed by atoms with Crippen LogP contribution in [-0.4, -0.2) is 36.9 Å². The van der Waals surface area contributed by atoms with Crippen molar-refractivity contribution in [2.75, 3.05) is 18.2 Å². The zero-order valence-corrected chi connectivity index (χ0v) is 11.9. The molecule has 98 valence electrons. The average molecular weight is 298 g/mol. The Morgan fingerprint density at radius 3 is 2.19 bits per heavy atom. The fourth-order valence-electron chi connectivity index (χ4n) is 0.805. The van der Waals surface area contributed by atoms with Crippen molar-refractivity contribution in [3.8, 4) is 0 Å². The number of hydrogen-bond donors (Lipinski definition) is 0. The Balaban J connectivity index is 4.86. The van der Waals surface area contributed by atoms with Gasteiger partial charge in [0.2, 0.25) is 0 Å². The lowest BCUT2D eigenvalue weighted by Crippen LogP contribution is -2.27. The Bertz CT molecular complexity index is 334. The third kappa shape index (κ3) is 8.37. The summed E-state index contributed by atoms with van der Waals surface area (Å²) >= 11 is 5.38. The van der Waals surface area contributed by atoms with E-state index < -0.39 is 31.0 Å². The molecule has 0 saturated carbocycles. The van der Waals surface area contributed by atoms with Gasteiger partial charge in [-0.3, -0.25) is 8.21 Å². The molecule has 3 nitrogen and oxygen atoms in total. The molecule has 9 heteroatoms. The molecule has 0 fully saturated rings. The predicted octanol–water partition coefficient (Wildman–Crippen LogP) is 3.02. The summed E-state index contributed by atoms with van der Waals surface area (Å²) in [6.07, 6.45) is -4.51. The van der Waals surface area contributed by atoms with Gasteiger partial charge in [-0.15, -0.1) is 11.6 Å². The summed E-state index contributed by atoms with van der Waals surface area (Å²) in [5, 5.41) is 0. The summed E-state index contributed by atoms with van der Waals surface area (Å²) in [4.78, 5) is 0.